The minimum Gasteiger partial charge on any atom is -0.508 e. The molecule has 0 saturated carbocycles. The summed E-state index contributed by atoms with van der Waals surface area (Å²) in [6.45, 7) is 8.33. The highest BCUT2D eigenvalue weighted by molar-refractivity contribution is 5.38. The maximum absolute atomic E-state index is 9.59. The molecule has 19 heavy (non-hydrogen) atoms. The molecule has 0 heterocycles. The number of phenols is 2. The quantitative estimate of drug-likeness (QED) is 0.830. The standard InChI is InChI=1S/C15H26N2O2/c1-6-17(11(2)10-16(4)5)12(3)13-7-14(18)9-15(19)8-13/h7-9,11-12,18-19H,6,10H2,1-5H3. The fraction of sp³-hybridized carbons (Fsp3) is 0.600. The van der Waals surface area contributed by atoms with Gasteiger partial charge >= 0.3 is 0 Å². The minimum atomic E-state index is 0.109. The summed E-state index contributed by atoms with van der Waals surface area (Å²) in [6.07, 6.45) is 0. The molecule has 2 N–H and O–H groups in total. The molecule has 0 radical (unpaired) electrons. The zero-order valence-electron chi connectivity index (χ0n) is 12.6. The van der Waals surface area contributed by atoms with Crippen LogP contribution in [0.1, 0.15) is 32.4 Å². The van der Waals surface area contributed by atoms with Crippen molar-refractivity contribution < 1.29 is 10.2 Å². The van der Waals surface area contributed by atoms with Crippen molar-refractivity contribution in [2.24, 2.45) is 0 Å². The second kappa shape index (κ2) is 6.78. The van der Waals surface area contributed by atoms with Crippen LogP contribution in [0.15, 0.2) is 18.2 Å². The molecule has 0 aliphatic heterocycles. The number of rotatable bonds is 6. The van der Waals surface area contributed by atoms with E-state index in [-0.39, 0.29) is 17.5 Å². The highest BCUT2D eigenvalue weighted by Crippen LogP contribution is 2.29. The zero-order chi connectivity index (χ0) is 14.6. The molecular weight excluding hydrogens is 240 g/mol. The molecule has 0 aliphatic rings. The molecule has 2 unspecified atom stereocenters. The van der Waals surface area contributed by atoms with E-state index >= 15 is 0 Å². The van der Waals surface area contributed by atoms with Crippen LogP contribution in [-0.2, 0) is 0 Å². The predicted octanol–water partition coefficient (Wildman–Crippen LogP) is 2.43. The summed E-state index contributed by atoms with van der Waals surface area (Å²) in [5.74, 6) is 0.219. The normalized spacial score (nSPS) is 14.9. The average Bonchev–Trinajstić information content (AvgIpc) is 2.27. The van der Waals surface area contributed by atoms with Gasteiger partial charge in [-0.3, -0.25) is 4.90 Å². The Morgan fingerprint density at radius 2 is 1.58 bits per heavy atom. The largest absolute Gasteiger partial charge is 0.508 e. The van der Waals surface area contributed by atoms with E-state index in [1.165, 1.54) is 6.07 Å². The lowest BCUT2D eigenvalue weighted by molar-refractivity contribution is 0.136. The van der Waals surface area contributed by atoms with Crippen LogP contribution in [0.3, 0.4) is 0 Å². The lowest BCUT2D eigenvalue weighted by atomic mass is 10.0. The van der Waals surface area contributed by atoms with E-state index in [0.29, 0.717) is 6.04 Å². The van der Waals surface area contributed by atoms with Gasteiger partial charge in [-0.15, -0.1) is 0 Å². The highest BCUT2D eigenvalue weighted by Gasteiger charge is 2.21. The second-order valence-electron chi connectivity index (χ2n) is 5.40. The van der Waals surface area contributed by atoms with Crippen molar-refractivity contribution in [2.45, 2.75) is 32.9 Å². The van der Waals surface area contributed by atoms with Crippen molar-refractivity contribution >= 4 is 0 Å². The summed E-state index contributed by atoms with van der Waals surface area (Å²) in [6, 6.07) is 5.35. The van der Waals surface area contributed by atoms with Crippen LogP contribution in [0.2, 0.25) is 0 Å². The molecule has 108 valence electrons. The van der Waals surface area contributed by atoms with Gasteiger partial charge in [0.25, 0.3) is 0 Å². The van der Waals surface area contributed by atoms with Gasteiger partial charge in [-0.1, -0.05) is 6.92 Å². The summed E-state index contributed by atoms with van der Waals surface area (Å²) < 4.78 is 0. The molecule has 0 bridgehead atoms. The third-order valence-electron chi connectivity index (χ3n) is 3.47. The van der Waals surface area contributed by atoms with E-state index in [9.17, 15) is 10.2 Å². The minimum absolute atomic E-state index is 0.109. The Kier molecular flexibility index (Phi) is 5.63. The third kappa shape index (κ3) is 4.40. The molecular formula is C15H26N2O2. The van der Waals surface area contributed by atoms with E-state index in [1.54, 1.807) is 12.1 Å². The fourth-order valence-electron chi connectivity index (χ4n) is 2.65. The van der Waals surface area contributed by atoms with Crippen LogP contribution in [0.5, 0.6) is 11.5 Å². The summed E-state index contributed by atoms with van der Waals surface area (Å²) in [5.41, 5.74) is 0.935. The van der Waals surface area contributed by atoms with Gasteiger partial charge in [-0.2, -0.15) is 0 Å². The van der Waals surface area contributed by atoms with E-state index in [2.05, 4.69) is 44.7 Å². The topological polar surface area (TPSA) is 46.9 Å². The van der Waals surface area contributed by atoms with E-state index < -0.39 is 0 Å². The first-order valence-electron chi connectivity index (χ1n) is 6.78. The van der Waals surface area contributed by atoms with Crippen LogP contribution in [0.4, 0.5) is 0 Å². The van der Waals surface area contributed by atoms with Crippen molar-refractivity contribution in [2.75, 3.05) is 27.2 Å². The number of phenolic OH excluding ortho intramolecular Hbond substituents is 2. The van der Waals surface area contributed by atoms with E-state index in [4.69, 9.17) is 0 Å². The van der Waals surface area contributed by atoms with Gasteiger partial charge in [0.2, 0.25) is 0 Å². The average molecular weight is 266 g/mol. The Hall–Kier alpha value is -1.26. The molecule has 4 nitrogen and oxygen atoms in total. The summed E-state index contributed by atoms with van der Waals surface area (Å²) in [5, 5.41) is 19.2. The SMILES string of the molecule is CCN(C(C)CN(C)C)C(C)c1cc(O)cc(O)c1. The van der Waals surface area contributed by atoms with E-state index in [1.807, 2.05) is 0 Å². The van der Waals surface area contributed by atoms with Gasteiger partial charge in [0.05, 0.1) is 0 Å². The first kappa shape index (κ1) is 15.8. The Bertz CT molecular complexity index is 387. The monoisotopic (exact) mass is 266 g/mol. The Morgan fingerprint density at radius 1 is 1.05 bits per heavy atom. The smallest absolute Gasteiger partial charge is 0.119 e. The van der Waals surface area contributed by atoms with Crippen molar-refractivity contribution in [1.29, 1.82) is 0 Å². The molecule has 1 rings (SSSR count). The third-order valence-corrected chi connectivity index (χ3v) is 3.47. The highest BCUT2D eigenvalue weighted by atomic mass is 16.3. The van der Waals surface area contributed by atoms with Crippen LogP contribution >= 0.6 is 0 Å². The molecule has 4 heteroatoms. The first-order valence-corrected chi connectivity index (χ1v) is 6.78. The fourth-order valence-corrected chi connectivity index (χ4v) is 2.65. The van der Waals surface area contributed by atoms with Crippen molar-refractivity contribution in [3.63, 3.8) is 0 Å². The zero-order valence-corrected chi connectivity index (χ0v) is 12.6. The maximum atomic E-state index is 9.59. The summed E-state index contributed by atoms with van der Waals surface area (Å²) in [4.78, 5) is 4.52. The lowest BCUT2D eigenvalue weighted by Crippen LogP contribution is -2.41. The Labute approximate surface area is 116 Å². The van der Waals surface area contributed by atoms with Crippen LogP contribution in [0, 0.1) is 0 Å². The second-order valence-corrected chi connectivity index (χ2v) is 5.40. The number of hydrogen-bond donors (Lipinski definition) is 2. The van der Waals surface area contributed by atoms with Crippen LogP contribution in [0.25, 0.3) is 0 Å². The maximum Gasteiger partial charge on any atom is 0.119 e. The van der Waals surface area contributed by atoms with Gasteiger partial charge in [0.1, 0.15) is 11.5 Å². The molecule has 1 aromatic rings. The molecule has 0 amide bonds. The number of nitrogens with zero attached hydrogens (tertiary/aromatic N) is 2. The molecule has 2 atom stereocenters. The number of hydrogen-bond acceptors (Lipinski definition) is 4. The molecule has 0 aromatic heterocycles. The number of likely N-dealkylation sites (N-methyl/N-ethyl adjacent to an activating group) is 2. The van der Waals surface area contributed by atoms with Crippen molar-refractivity contribution in [3.8, 4) is 11.5 Å². The van der Waals surface area contributed by atoms with Gasteiger partial charge in [-0.05, 0) is 52.2 Å². The van der Waals surface area contributed by atoms with Gasteiger partial charge in [0.15, 0.2) is 0 Å². The van der Waals surface area contributed by atoms with Gasteiger partial charge in [0, 0.05) is 24.7 Å². The van der Waals surface area contributed by atoms with Gasteiger partial charge < -0.3 is 15.1 Å². The van der Waals surface area contributed by atoms with Crippen molar-refractivity contribution in [1.82, 2.24) is 9.80 Å². The lowest BCUT2D eigenvalue weighted by Gasteiger charge is -2.35. The molecule has 0 saturated heterocycles. The number of aromatic hydroxyl groups is 2. The van der Waals surface area contributed by atoms with E-state index in [0.717, 1.165) is 18.7 Å². The summed E-state index contributed by atoms with van der Waals surface area (Å²) >= 11 is 0. The van der Waals surface area contributed by atoms with Crippen LogP contribution in [-0.4, -0.2) is 53.2 Å². The molecule has 1 aromatic carbocycles. The van der Waals surface area contributed by atoms with Crippen LogP contribution < -0.4 is 0 Å². The molecule has 0 spiro atoms. The van der Waals surface area contributed by atoms with Gasteiger partial charge in [-0.25, -0.2) is 0 Å². The number of benzene rings is 1. The Morgan fingerprint density at radius 3 is 2.00 bits per heavy atom. The first-order chi connectivity index (χ1) is 8.85. The molecule has 0 fully saturated rings. The predicted molar refractivity (Wildman–Crippen MR) is 78.6 cm³/mol. The molecule has 0 aliphatic carbocycles. The van der Waals surface area contributed by atoms with Crippen molar-refractivity contribution in [3.05, 3.63) is 23.8 Å². The summed E-state index contributed by atoms with van der Waals surface area (Å²) in [7, 11) is 4.13. The Balaban J connectivity index is 2.91.